The third-order valence-corrected chi connectivity index (χ3v) is 5.78. The molecule has 0 unspecified atom stereocenters. The molecule has 0 saturated carbocycles. The molecule has 0 aliphatic carbocycles. The third-order valence-electron chi connectivity index (χ3n) is 5.78. The molecule has 0 aromatic heterocycles. The zero-order chi connectivity index (χ0) is 25.1. The number of ether oxygens (including phenoxy) is 1. The van der Waals surface area contributed by atoms with E-state index in [1.54, 1.807) is 42.5 Å². The Morgan fingerprint density at radius 2 is 1.47 bits per heavy atom. The second kappa shape index (κ2) is 9.92. The van der Waals surface area contributed by atoms with Crippen LogP contribution in [0.3, 0.4) is 0 Å². The van der Waals surface area contributed by atoms with Crippen LogP contribution in [0, 0.1) is 18.6 Å². The maximum Gasteiger partial charge on any atom is 0.340 e. The first-order chi connectivity index (χ1) is 17.4. The van der Waals surface area contributed by atoms with E-state index < -0.39 is 0 Å². The van der Waals surface area contributed by atoms with Crippen LogP contribution in [0.25, 0.3) is 11.3 Å². The van der Waals surface area contributed by atoms with Crippen LogP contribution in [0.2, 0.25) is 0 Å². The first kappa shape index (κ1) is 23.1. The zero-order valence-corrected chi connectivity index (χ0v) is 19.5. The van der Waals surface area contributed by atoms with Crippen LogP contribution in [0.15, 0.2) is 97.1 Å². The van der Waals surface area contributed by atoms with Gasteiger partial charge in [-0.05, 0) is 78.7 Å². The minimum atomic E-state index is -0.390. The van der Waals surface area contributed by atoms with Crippen molar-refractivity contribution < 1.29 is 18.3 Å². The molecule has 5 nitrogen and oxygen atoms in total. The number of urea groups is 1. The van der Waals surface area contributed by atoms with E-state index in [2.05, 4.69) is 10.7 Å². The lowest BCUT2D eigenvalue weighted by Gasteiger charge is -2.19. The number of aryl methyl sites for hydroxylation is 1. The van der Waals surface area contributed by atoms with Gasteiger partial charge in [0, 0.05) is 17.3 Å². The van der Waals surface area contributed by atoms with Gasteiger partial charge in [0.15, 0.2) is 0 Å². The zero-order valence-electron chi connectivity index (χ0n) is 19.5. The summed E-state index contributed by atoms with van der Waals surface area (Å²) in [6.07, 6.45) is 0. The van der Waals surface area contributed by atoms with Crippen LogP contribution < -0.4 is 15.5 Å². The summed E-state index contributed by atoms with van der Waals surface area (Å²) in [7, 11) is 0. The number of halogens is 2. The maximum absolute atomic E-state index is 13.5. The first-order valence-electron chi connectivity index (χ1n) is 11.4. The van der Waals surface area contributed by atoms with E-state index in [0.717, 1.165) is 16.7 Å². The largest absolute Gasteiger partial charge is 0.457 e. The van der Waals surface area contributed by atoms with Crippen LogP contribution in [0.5, 0.6) is 11.5 Å². The number of anilines is 1. The highest BCUT2D eigenvalue weighted by atomic mass is 19.1. The van der Waals surface area contributed by atoms with Gasteiger partial charge in [-0.2, -0.15) is 0 Å². The standard InChI is InChI=1S/C29H23F2N3O2/c1-19-5-15-25(16-6-19)36-26-4-2-3-24(17-26)32-29(35)34-18-27(20-7-11-22(30)12-8-20)28(33-34)21-9-13-23(31)14-10-21/h2-17,33H,18H2,1H3,(H,32,35). The van der Waals surface area contributed by atoms with Gasteiger partial charge >= 0.3 is 6.03 Å². The molecule has 2 amide bonds. The molecule has 5 rings (SSSR count). The summed E-state index contributed by atoms with van der Waals surface area (Å²) < 4.78 is 32.9. The maximum atomic E-state index is 13.5. The fourth-order valence-electron chi connectivity index (χ4n) is 3.91. The topological polar surface area (TPSA) is 53.6 Å². The van der Waals surface area contributed by atoms with Crippen molar-refractivity contribution in [2.24, 2.45) is 0 Å². The lowest BCUT2D eigenvalue weighted by Crippen LogP contribution is -2.40. The predicted molar refractivity (Wildman–Crippen MR) is 136 cm³/mol. The average Bonchev–Trinajstić information content (AvgIpc) is 3.32. The molecule has 0 radical (unpaired) electrons. The molecule has 4 aromatic rings. The van der Waals surface area contributed by atoms with Gasteiger partial charge < -0.3 is 10.1 Å². The smallest absolute Gasteiger partial charge is 0.340 e. The molecule has 1 aliphatic heterocycles. The molecule has 4 aromatic carbocycles. The lowest BCUT2D eigenvalue weighted by atomic mass is 10.0. The molecule has 0 atom stereocenters. The van der Waals surface area contributed by atoms with E-state index >= 15 is 0 Å². The van der Waals surface area contributed by atoms with Crippen molar-refractivity contribution in [2.75, 3.05) is 11.9 Å². The van der Waals surface area contributed by atoms with Crippen molar-refractivity contribution in [1.82, 2.24) is 10.4 Å². The number of benzene rings is 4. The van der Waals surface area contributed by atoms with Crippen LogP contribution in [-0.4, -0.2) is 17.6 Å². The van der Waals surface area contributed by atoms with Gasteiger partial charge in [0.2, 0.25) is 0 Å². The third kappa shape index (κ3) is 5.20. The van der Waals surface area contributed by atoms with Crippen LogP contribution in [0.4, 0.5) is 19.3 Å². The molecule has 0 bridgehead atoms. The highest BCUT2D eigenvalue weighted by molar-refractivity contribution is 5.98. The highest BCUT2D eigenvalue weighted by Gasteiger charge is 2.27. The van der Waals surface area contributed by atoms with Crippen LogP contribution in [-0.2, 0) is 0 Å². The molecule has 2 N–H and O–H groups in total. The summed E-state index contributed by atoms with van der Waals surface area (Å²) in [4.78, 5) is 13.1. The Kier molecular flexibility index (Phi) is 6.36. The number of amides is 2. The van der Waals surface area contributed by atoms with E-state index in [1.807, 2.05) is 37.3 Å². The number of nitrogens with one attached hydrogen (secondary N) is 2. The number of carbonyl (C=O) groups is 1. The number of hydrogen-bond donors (Lipinski definition) is 2. The molecule has 1 aliphatic rings. The van der Waals surface area contributed by atoms with Crippen molar-refractivity contribution in [3.8, 4) is 11.5 Å². The van der Waals surface area contributed by atoms with Gasteiger partial charge in [0.05, 0.1) is 12.2 Å². The van der Waals surface area contributed by atoms with E-state index in [9.17, 15) is 13.6 Å². The summed E-state index contributed by atoms with van der Waals surface area (Å²) in [6.45, 7) is 2.23. The molecule has 0 fully saturated rings. The van der Waals surface area contributed by atoms with E-state index in [1.165, 1.54) is 29.3 Å². The van der Waals surface area contributed by atoms with Crippen molar-refractivity contribution in [3.63, 3.8) is 0 Å². The minimum Gasteiger partial charge on any atom is -0.457 e. The number of hydrazine groups is 1. The van der Waals surface area contributed by atoms with E-state index in [4.69, 9.17) is 4.74 Å². The number of nitrogens with zero attached hydrogens (tertiary/aromatic N) is 1. The van der Waals surface area contributed by atoms with Crippen molar-refractivity contribution in [1.29, 1.82) is 0 Å². The molecule has 36 heavy (non-hydrogen) atoms. The van der Waals surface area contributed by atoms with Crippen molar-refractivity contribution in [3.05, 3.63) is 125 Å². The summed E-state index contributed by atoms with van der Waals surface area (Å²) in [5.74, 6) is 0.574. The first-order valence-corrected chi connectivity index (χ1v) is 11.4. The molecule has 7 heteroatoms. The van der Waals surface area contributed by atoms with Gasteiger partial charge in [-0.1, -0.05) is 35.9 Å². The Hall–Kier alpha value is -4.65. The summed E-state index contributed by atoms with van der Waals surface area (Å²) >= 11 is 0. The number of carbonyl (C=O) groups excluding carboxylic acids is 1. The van der Waals surface area contributed by atoms with Crippen LogP contribution in [0.1, 0.15) is 16.7 Å². The minimum absolute atomic E-state index is 0.226. The molecular weight excluding hydrogens is 460 g/mol. The second-order valence-corrected chi connectivity index (χ2v) is 8.44. The number of hydrogen-bond acceptors (Lipinski definition) is 3. The Labute approximate surface area is 207 Å². The molecule has 1 heterocycles. The van der Waals surface area contributed by atoms with Gasteiger partial charge in [-0.15, -0.1) is 0 Å². The van der Waals surface area contributed by atoms with Gasteiger partial charge in [-0.25, -0.2) is 18.6 Å². The summed E-state index contributed by atoms with van der Waals surface area (Å²) in [5, 5.41) is 4.30. The van der Waals surface area contributed by atoms with Crippen LogP contribution >= 0.6 is 0 Å². The molecule has 0 spiro atoms. The Balaban J connectivity index is 1.34. The Bertz CT molecular complexity index is 1360. The van der Waals surface area contributed by atoms with Gasteiger partial charge in [0.1, 0.15) is 23.1 Å². The summed E-state index contributed by atoms with van der Waals surface area (Å²) in [5.41, 5.74) is 7.71. The lowest BCUT2D eigenvalue weighted by molar-refractivity contribution is 0.210. The fourth-order valence-corrected chi connectivity index (χ4v) is 3.91. The molecular formula is C29H23F2N3O2. The Morgan fingerprint density at radius 1 is 0.833 bits per heavy atom. The summed E-state index contributed by atoms with van der Waals surface area (Å²) in [6, 6.07) is 26.4. The molecule has 0 saturated heterocycles. The van der Waals surface area contributed by atoms with Crippen molar-refractivity contribution >= 4 is 23.0 Å². The van der Waals surface area contributed by atoms with E-state index in [-0.39, 0.29) is 24.2 Å². The van der Waals surface area contributed by atoms with Gasteiger partial charge in [0.25, 0.3) is 0 Å². The van der Waals surface area contributed by atoms with E-state index in [0.29, 0.717) is 28.4 Å². The van der Waals surface area contributed by atoms with Gasteiger partial charge in [-0.3, -0.25) is 5.43 Å². The Morgan fingerprint density at radius 3 is 2.14 bits per heavy atom. The molecule has 180 valence electrons. The predicted octanol–water partition coefficient (Wildman–Crippen LogP) is 6.99. The highest BCUT2D eigenvalue weighted by Crippen LogP contribution is 2.31. The van der Waals surface area contributed by atoms with Crippen molar-refractivity contribution in [2.45, 2.75) is 6.92 Å². The average molecular weight is 484 g/mol. The normalized spacial score (nSPS) is 12.9. The second-order valence-electron chi connectivity index (χ2n) is 8.44. The number of rotatable bonds is 5. The monoisotopic (exact) mass is 483 g/mol. The quantitative estimate of drug-likeness (QED) is 0.322. The fraction of sp³-hybridized carbons (Fsp3) is 0.0690. The SMILES string of the molecule is Cc1ccc(Oc2cccc(NC(=O)N3CC(c4ccc(F)cc4)=C(c4ccc(F)cc4)N3)c2)cc1.